The average Bonchev–Trinajstić information content (AvgIpc) is 2.38. The molecule has 19 heavy (non-hydrogen) atoms. The number of hydrogen-bond acceptors (Lipinski definition) is 4. The third kappa shape index (κ3) is 3.02. The number of aromatic nitrogens is 1. The molecule has 1 aromatic carbocycles. The number of hydrogen-bond donors (Lipinski definition) is 1. The average molecular weight is 252 g/mol. The van der Waals surface area contributed by atoms with Crippen molar-refractivity contribution in [2.24, 2.45) is 0 Å². The molecular weight excluding hydrogens is 236 g/mol. The van der Waals surface area contributed by atoms with Crippen molar-refractivity contribution >= 4 is 11.5 Å². The van der Waals surface area contributed by atoms with Crippen LogP contribution in [0.1, 0.15) is 16.7 Å². The number of rotatable bonds is 3. The van der Waals surface area contributed by atoms with E-state index in [4.69, 9.17) is 11.0 Å². The lowest BCUT2D eigenvalue weighted by Gasteiger charge is -2.19. The van der Waals surface area contributed by atoms with Gasteiger partial charge in [-0.3, -0.25) is 0 Å². The first kappa shape index (κ1) is 12.9. The fraction of sp³-hybridized carbons (Fsp3) is 0.200. The molecule has 0 amide bonds. The molecule has 1 aromatic heterocycles. The molecule has 0 aliphatic heterocycles. The van der Waals surface area contributed by atoms with Gasteiger partial charge in [0.15, 0.2) is 0 Å². The van der Waals surface area contributed by atoms with Gasteiger partial charge in [0.2, 0.25) is 0 Å². The summed E-state index contributed by atoms with van der Waals surface area (Å²) in [4.78, 5) is 6.20. The molecule has 0 aliphatic rings. The predicted octanol–water partition coefficient (Wildman–Crippen LogP) is 2.48. The highest BCUT2D eigenvalue weighted by Crippen LogP contribution is 2.20. The van der Waals surface area contributed by atoms with E-state index in [1.165, 1.54) is 11.1 Å². The van der Waals surface area contributed by atoms with E-state index in [2.05, 4.69) is 36.2 Å². The standard InChI is InChI=1S/C15H16N4/c1-11-4-3-5-12(6-11)10-19(2)15-13(8-16)7-14(17)9-18-15/h3-7,9H,10,17H2,1-2H3. The number of pyridine rings is 1. The zero-order valence-electron chi connectivity index (χ0n) is 11.1. The quantitative estimate of drug-likeness (QED) is 0.911. The zero-order chi connectivity index (χ0) is 13.8. The highest BCUT2D eigenvalue weighted by atomic mass is 15.2. The molecule has 0 radical (unpaired) electrons. The minimum atomic E-state index is 0.496. The van der Waals surface area contributed by atoms with Gasteiger partial charge in [-0.2, -0.15) is 5.26 Å². The second-order valence-electron chi connectivity index (χ2n) is 4.60. The summed E-state index contributed by atoms with van der Waals surface area (Å²) in [6.07, 6.45) is 1.57. The van der Waals surface area contributed by atoms with Crippen molar-refractivity contribution in [1.29, 1.82) is 5.26 Å². The number of anilines is 2. The van der Waals surface area contributed by atoms with E-state index in [1.54, 1.807) is 12.3 Å². The van der Waals surface area contributed by atoms with E-state index in [-0.39, 0.29) is 0 Å². The van der Waals surface area contributed by atoms with Gasteiger partial charge < -0.3 is 10.6 Å². The predicted molar refractivity (Wildman–Crippen MR) is 76.7 cm³/mol. The molecule has 96 valence electrons. The number of nitriles is 1. The summed E-state index contributed by atoms with van der Waals surface area (Å²) in [7, 11) is 1.92. The topological polar surface area (TPSA) is 65.9 Å². The van der Waals surface area contributed by atoms with E-state index in [9.17, 15) is 0 Å². The Kier molecular flexibility index (Phi) is 3.67. The SMILES string of the molecule is Cc1cccc(CN(C)c2ncc(N)cc2C#N)c1. The summed E-state index contributed by atoms with van der Waals surface area (Å²) in [6, 6.07) is 12.1. The van der Waals surface area contributed by atoms with Crippen molar-refractivity contribution in [3.8, 4) is 6.07 Å². The number of aryl methyl sites for hydroxylation is 1. The molecule has 0 fully saturated rings. The van der Waals surface area contributed by atoms with Gasteiger partial charge in [0, 0.05) is 13.6 Å². The van der Waals surface area contributed by atoms with Crippen molar-refractivity contribution in [3.05, 3.63) is 53.2 Å². The Labute approximate surface area is 113 Å². The number of nitrogens with zero attached hydrogens (tertiary/aromatic N) is 3. The van der Waals surface area contributed by atoms with Gasteiger partial charge in [-0.15, -0.1) is 0 Å². The molecule has 1 heterocycles. The molecule has 0 spiro atoms. The summed E-state index contributed by atoms with van der Waals surface area (Å²) in [5, 5.41) is 9.13. The summed E-state index contributed by atoms with van der Waals surface area (Å²) in [5.74, 6) is 0.651. The number of nitrogen functional groups attached to an aromatic ring is 1. The maximum absolute atomic E-state index is 9.13. The van der Waals surface area contributed by atoms with E-state index in [0.29, 0.717) is 23.6 Å². The lowest BCUT2D eigenvalue weighted by molar-refractivity contribution is 0.894. The summed E-state index contributed by atoms with van der Waals surface area (Å²) in [6.45, 7) is 2.76. The minimum absolute atomic E-state index is 0.496. The second-order valence-corrected chi connectivity index (χ2v) is 4.60. The monoisotopic (exact) mass is 252 g/mol. The third-order valence-electron chi connectivity index (χ3n) is 2.87. The van der Waals surface area contributed by atoms with Gasteiger partial charge in [-0.25, -0.2) is 4.98 Å². The molecular formula is C15H16N4. The summed E-state index contributed by atoms with van der Waals surface area (Å²) < 4.78 is 0. The Hall–Kier alpha value is -2.54. The van der Waals surface area contributed by atoms with E-state index in [1.807, 2.05) is 18.0 Å². The van der Waals surface area contributed by atoms with Crippen LogP contribution in [-0.4, -0.2) is 12.0 Å². The molecule has 2 aromatic rings. The van der Waals surface area contributed by atoms with Gasteiger partial charge >= 0.3 is 0 Å². The number of benzene rings is 1. The van der Waals surface area contributed by atoms with Crippen LogP contribution >= 0.6 is 0 Å². The molecule has 0 bridgehead atoms. The first-order valence-electron chi connectivity index (χ1n) is 6.02. The van der Waals surface area contributed by atoms with Crippen LogP contribution in [0.5, 0.6) is 0 Å². The van der Waals surface area contributed by atoms with Crippen LogP contribution in [0.25, 0.3) is 0 Å². The highest BCUT2D eigenvalue weighted by molar-refractivity contribution is 5.58. The molecule has 0 atom stereocenters. The lowest BCUT2D eigenvalue weighted by atomic mass is 10.1. The van der Waals surface area contributed by atoms with Crippen LogP contribution in [0, 0.1) is 18.3 Å². The summed E-state index contributed by atoms with van der Waals surface area (Å²) >= 11 is 0. The minimum Gasteiger partial charge on any atom is -0.397 e. The molecule has 2 N–H and O–H groups in total. The van der Waals surface area contributed by atoms with Gasteiger partial charge in [-0.1, -0.05) is 29.8 Å². The lowest BCUT2D eigenvalue weighted by Crippen LogP contribution is -2.19. The fourth-order valence-corrected chi connectivity index (χ4v) is 2.02. The normalized spacial score (nSPS) is 9.95. The highest BCUT2D eigenvalue weighted by Gasteiger charge is 2.10. The van der Waals surface area contributed by atoms with Crippen molar-refractivity contribution in [1.82, 2.24) is 4.98 Å². The smallest absolute Gasteiger partial charge is 0.146 e. The van der Waals surface area contributed by atoms with Crippen molar-refractivity contribution < 1.29 is 0 Å². The molecule has 0 saturated carbocycles. The van der Waals surface area contributed by atoms with E-state index < -0.39 is 0 Å². The van der Waals surface area contributed by atoms with Gasteiger partial charge in [0.1, 0.15) is 11.9 Å². The van der Waals surface area contributed by atoms with Crippen molar-refractivity contribution in [2.75, 3.05) is 17.7 Å². The van der Waals surface area contributed by atoms with E-state index >= 15 is 0 Å². The van der Waals surface area contributed by atoms with Crippen molar-refractivity contribution in [2.45, 2.75) is 13.5 Å². The van der Waals surface area contributed by atoms with E-state index in [0.717, 1.165) is 0 Å². The molecule has 0 aliphatic carbocycles. The van der Waals surface area contributed by atoms with Gasteiger partial charge in [-0.05, 0) is 18.6 Å². The molecule has 4 heteroatoms. The maximum Gasteiger partial charge on any atom is 0.146 e. The van der Waals surface area contributed by atoms with Crippen LogP contribution in [0.15, 0.2) is 36.5 Å². The summed E-state index contributed by atoms with van der Waals surface area (Å²) in [5.41, 5.74) is 9.05. The van der Waals surface area contributed by atoms with Crippen LogP contribution in [0.4, 0.5) is 11.5 Å². The Bertz CT molecular complexity index is 628. The molecule has 0 unspecified atom stereocenters. The first-order chi connectivity index (χ1) is 9.10. The Morgan fingerprint density at radius 1 is 1.37 bits per heavy atom. The third-order valence-corrected chi connectivity index (χ3v) is 2.87. The Morgan fingerprint density at radius 2 is 2.16 bits per heavy atom. The maximum atomic E-state index is 9.13. The van der Waals surface area contributed by atoms with Crippen LogP contribution in [0.2, 0.25) is 0 Å². The van der Waals surface area contributed by atoms with Crippen LogP contribution in [0.3, 0.4) is 0 Å². The Balaban J connectivity index is 2.25. The molecule has 0 saturated heterocycles. The van der Waals surface area contributed by atoms with Crippen LogP contribution in [-0.2, 0) is 6.54 Å². The zero-order valence-corrected chi connectivity index (χ0v) is 11.1. The van der Waals surface area contributed by atoms with Gasteiger partial charge in [0.25, 0.3) is 0 Å². The van der Waals surface area contributed by atoms with Gasteiger partial charge in [0.05, 0.1) is 17.4 Å². The first-order valence-corrected chi connectivity index (χ1v) is 6.02. The molecule has 4 nitrogen and oxygen atoms in total. The largest absolute Gasteiger partial charge is 0.397 e. The molecule has 2 rings (SSSR count). The van der Waals surface area contributed by atoms with Crippen LogP contribution < -0.4 is 10.6 Å². The number of nitrogens with two attached hydrogens (primary N) is 1. The fourth-order valence-electron chi connectivity index (χ4n) is 2.02. The van der Waals surface area contributed by atoms with Crippen molar-refractivity contribution in [3.63, 3.8) is 0 Å². The second kappa shape index (κ2) is 5.40. The Morgan fingerprint density at radius 3 is 2.84 bits per heavy atom.